The second kappa shape index (κ2) is 11.3. The van der Waals surface area contributed by atoms with Crippen LogP contribution < -0.4 is 5.73 Å². The molecule has 8 nitrogen and oxygen atoms in total. The maximum absolute atomic E-state index is 12.1. The molecule has 0 amide bonds. The van der Waals surface area contributed by atoms with Crippen LogP contribution in [-0.4, -0.2) is 46.0 Å². The molecule has 0 radical (unpaired) electrons. The van der Waals surface area contributed by atoms with Crippen LogP contribution >= 0.6 is 0 Å². The summed E-state index contributed by atoms with van der Waals surface area (Å²) in [6, 6.07) is 9.00. The lowest BCUT2D eigenvalue weighted by atomic mass is 9.83. The van der Waals surface area contributed by atoms with E-state index in [1.54, 1.807) is 4.68 Å². The predicted molar refractivity (Wildman–Crippen MR) is 119 cm³/mol. The van der Waals surface area contributed by atoms with E-state index >= 15 is 0 Å². The molecule has 2 aromatic rings. The van der Waals surface area contributed by atoms with E-state index in [1.807, 2.05) is 31.2 Å². The molecule has 0 saturated heterocycles. The number of carboxylic acids is 1. The molecule has 0 aliphatic heterocycles. The number of hydrogen-bond donors (Lipinski definition) is 2. The smallest absolute Gasteiger partial charge is 0.307 e. The highest BCUT2D eigenvalue weighted by atomic mass is 28.3. The van der Waals surface area contributed by atoms with Crippen molar-refractivity contribution in [2.75, 3.05) is 6.61 Å². The van der Waals surface area contributed by atoms with Crippen molar-refractivity contribution in [3.05, 3.63) is 41.2 Å². The Balaban J connectivity index is 2.23. The molecule has 166 valence electrons. The number of tetrazole rings is 1. The molecule has 30 heavy (non-hydrogen) atoms. The van der Waals surface area contributed by atoms with Crippen molar-refractivity contribution in [3.8, 4) is 0 Å². The Morgan fingerprint density at radius 1 is 1.23 bits per heavy atom. The third-order valence-corrected chi connectivity index (χ3v) is 6.92. The van der Waals surface area contributed by atoms with Crippen LogP contribution in [0.5, 0.6) is 0 Å². The first-order chi connectivity index (χ1) is 14.2. The van der Waals surface area contributed by atoms with Crippen molar-refractivity contribution in [1.29, 1.82) is 0 Å². The van der Waals surface area contributed by atoms with E-state index in [2.05, 4.69) is 35.2 Å². The minimum absolute atomic E-state index is 0.230. The highest BCUT2D eigenvalue weighted by molar-refractivity contribution is 6.76. The van der Waals surface area contributed by atoms with Gasteiger partial charge in [-0.1, -0.05) is 57.3 Å². The van der Waals surface area contributed by atoms with E-state index in [0.717, 1.165) is 23.6 Å². The van der Waals surface area contributed by atoms with Crippen molar-refractivity contribution in [2.24, 2.45) is 11.7 Å². The van der Waals surface area contributed by atoms with E-state index in [0.29, 0.717) is 31.8 Å². The summed E-state index contributed by atoms with van der Waals surface area (Å²) in [7, 11) is -1.19. The molecule has 0 fully saturated rings. The van der Waals surface area contributed by atoms with Crippen molar-refractivity contribution in [3.63, 3.8) is 0 Å². The molecule has 9 heteroatoms. The summed E-state index contributed by atoms with van der Waals surface area (Å²) in [5, 5.41) is 22.0. The van der Waals surface area contributed by atoms with Crippen LogP contribution in [0.25, 0.3) is 0 Å². The van der Waals surface area contributed by atoms with Gasteiger partial charge in [-0.2, -0.15) is 0 Å². The van der Waals surface area contributed by atoms with Crippen LogP contribution in [0.1, 0.15) is 42.6 Å². The van der Waals surface area contributed by atoms with Gasteiger partial charge in [-0.25, -0.2) is 4.68 Å². The number of carbonyl (C=O) groups is 1. The molecular weight excluding hydrogens is 398 g/mol. The average Bonchev–Trinajstić information content (AvgIpc) is 3.16. The molecule has 0 spiro atoms. The van der Waals surface area contributed by atoms with E-state index < -0.39 is 20.0 Å². The molecule has 0 saturated carbocycles. The van der Waals surface area contributed by atoms with Gasteiger partial charge in [0.25, 0.3) is 0 Å². The second-order valence-corrected chi connectivity index (χ2v) is 14.6. The van der Waals surface area contributed by atoms with E-state index in [-0.39, 0.29) is 12.6 Å². The van der Waals surface area contributed by atoms with Gasteiger partial charge in [-0.3, -0.25) is 4.79 Å². The van der Waals surface area contributed by atoms with Crippen LogP contribution in [0, 0.1) is 5.92 Å². The molecule has 0 aliphatic rings. The maximum atomic E-state index is 12.1. The van der Waals surface area contributed by atoms with Crippen LogP contribution in [0.3, 0.4) is 0 Å². The van der Waals surface area contributed by atoms with Gasteiger partial charge < -0.3 is 15.6 Å². The van der Waals surface area contributed by atoms with Gasteiger partial charge >= 0.3 is 5.97 Å². The number of aliphatic carboxylic acids is 1. The molecule has 2 atom stereocenters. The Kier molecular flexibility index (Phi) is 9.13. The number of rotatable bonds is 13. The lowest BCUT2D eigenvalue weighted by Crippen LogP contribution is -2.27. The lowest BCUT2D eigenvalue weighted by Gasteiger charge is -2.23. The highest BCUT2D eigenvalue weighted by Gasteiger charge is 2.33. The summed E-state index contributed by atoms with van der Waals surface area (Å²) < 4.78 is 7.43. The number of aromatic nitrogens is 4. The number of nitrogens with two attached hydrogens (primary N) is 1. The Morgan fingerprint density at radius 2 is 1.90 bits per heavy atom. The van der Waals surface area contributed by atoms with E-state index in [9.17, 15) is 9.90 Å². The topological polar surface area (TPSA) is 116 Å². The Hall–Kier alpha value is -2.10. The first-order valence-electron chi connectivity index (χ1n) is 10.6. The van der Waals surface area contributed by atoms with Crippen molar-refractivity contribution in [2.45, 2.75) is 71.1 Å². The molecule has 0 aliphatic carbocycles. The fraction of sp³-hybridized carbons (Fsp3) is 0.619. The second-order valence-electron chi connectivity index (χ2n) is 8.95. The summed E-state index contributed by atoms with van der Waals surface area (Å²) in [6.45, 7) is 10.2. The van der Waals surface area contributed by atoms with Gasteiger partial charge in [-0.05, 0) is 40.4 Å². The minimum Gasteiger partial charge on any atom is -0.481 e. The third kappa shape index (κ3) is 7.30. The zero-order valence-corrected chi connectivity index (χ0v) is 19.5. The van der Waals surface area contributed by atoms with E-state index in [1.165, 1.54) is 0 Å². The van der Waals surface area contributed by atoms with Crippen LogP contribution in [0.4, 0.5) is 0 Å². The van der Waals surface area contributed by atoms with Crippen LogP contribution in [0.2, 0.25) is 25.7 Å². The lowest BCUT2D eigenvalue weighted by molar-refractivity contribution is -0.143. The Morgan fingerprint density at radius 3 is 2.47 bits per heavy atom. The first-order valence-corrected chi connectivity index (χ1v) is 14.3. The summed E-state index contributed by atoms with van der Waals surface area (Å²) in [6.07, 6.45) is 1.87. The third-order valence-electron chi connectivity index (χ3n) is 5.22. The average molecular weight is 434 g/mol. The summed E-state index contributed by atoms with van der Waals surface area (Å²) >= 11 is 0. The number of nitrogens with zero attached hydrogens (tertiary/aromatic N) is 4. The zero-order chi connectivity index (χ0) is 22.1. The molecule has 1 aromatic heterocycles. The number of ether oxygens (including phenoxy) is 1. The molecule has 0 bridgehead atoms. The summed E-state index contributed by atoms with van der Waals surface area (Å²) in [5.74, 6) is -1.18. The van der Waals surface area contributed by atoms with Gasteiger partial charge in [0.1, 0.15) is 6.73 Å². The van der Waals surface area contributed by atoms with Crippen LogP contribution in [-0.2, 0) is 29.2 Å². The highest BCUT2D eigenvalue weighted by Crippen LogP contribution is 2.31. The monoisotopic (exact) mass is 433 g/mol. The fourth-order valence-electron chi connectivity index (χ4n) is 3.39. The zero-order valence-electron chi connectivity index (χ0n) is 18.5. The van der Waals surface area contributed by atoms with Gasteiger partial charge in [0.05, 0.1) is 5.92 Å². The number of hydrogen-bond acceptors (Lipinski definition) is 6. The van der Waals surface area contributed by atoms with Gasteiger partial charge in [-0.15, -0.1) is 5.10 Å². The predicted octanol–water partition coefficient (Wildman–Crippen LogP) is 3.27. The standard InChI is InChI=1S/C21H35N5O3Si/c1-5-6-18(21(27)28)19(13-16-7-9-17(14-22)10-8-16)20-23-24-25-26(20)15-29-11-12-30(2,3)4/h7-10,18-19H,5-6,11-15,22H2,1-4H3,(H,27,28)/t18-,19-/m0/s1. The molecule has 0 unspecified atom stereocenters. The van der Waals surface area contributed by atoms with Gasteiger partial charge in [0.15, 0.2) is 5.82 Å². The quantitative estimate of drug-likeness (QED) is 0.368. The summed E-state index contributed by atoms with van der Waals surface area (Å²) in [4.78, 5) is 12.1. The normalized spacial score (nSPS) is 13.9. The first kappa shape index (κ1) is 24.2. The van der Waals surface area contributed by atoms with Crippen molar-refractivity contribution < 1.29 is 14.6 Å². The van der Waals surface area contributed by atoms with E-state index in [4.69, 9.17) is 10.5 Å². The molecule has 3 N–H and O–H groups in total. The van der Waals surface area contributed by atoms with Crippen LogP contribution in [0.15, 0.2) is 24.3 Å². The van der Waals surface area contributed by atoms with Crippen molar-refractivity contribution in [1.82, 2.24) is 20.2 Å². The van der Waals surface area contributed by atoms with Gasteiger partial charge in [0.2, 0.25) is 0 Å². The molecular formula is C21H35N5O3Si. The molecule has 2 rings (SSSR count). The summed E-state index contributed by atoms with van der Waals surface area (Å²) in [5.41, 5.74) is 7.77. The number of benzene rings is 1. The molecule has 1 heterocycles. The van der Waals surface area contributed by atoms with Gasteiger partial charge in [0, 0.05) is 27.1 Å². The van der Waals surface area contributed by atoms with Crippen molar-refractivity contribution >= 4 is 14.0 Å². The number of carboxylic acid groups (broad SMARTS) is 1. The molecule has 1 aromatic carbocycles. The fourth-order valence-corrected chi connectivity index (χ4v) is 4.14. The Bertz CT molecular complexity index is 789. The Labute approximate surface area is 179 Å². The minimum atomic E-state index is -1.19. The SMILES string of the molecule is CCC[C@H](C(=O)O)[C@H](Cc1ccc(CN)cc1)c1nnnn1COCC[Si](C)(C)C. The maximum Gasteiger partial charge on any atom is 0.307 e. The largest absolute Gasteiger partial charge is 0.481 e.